The van der Waals surface area contributed by atoms with Gasteiger partial charge in [0.25, 0.3) is 0 Å². The van der Waals surface area contributed by atoms with Crippen molar-refractivity contribution in [2.75, 3.05) is 0 Å². The molecule has 2 aromatic heterocycles. The predicted octanol–water partition coefficient (Wildman–Crippen LogP) is 4.59. The molecule has 4 nitrogen and oxygen atoms in total. The van der Waals surface area contributed by atoms with Gasteiger partial charge in [0, 0.05) is 29.4 Å². The van der Waals surface area contributed by atoms with Crippen LogP contribution in [-0.2, 0) is 11.2 Å². The van der Waals surface area contributed by atoms with Gasteiger partial charge in [0.15, 0.2) is 11.6 Å². The molecule has 0 bridgehead atoms. The smallest absolute Gasteiger partial charge is 0.179 e. The minimum Gasteiger partial charge on any atom is -0.335 e. The van der Waals surface area contributed by atoms with Crippen molar-refractivity contribution in [3.05, 3.63) is 64.5 Å². The molecule has 4 rings (SSSR count). The van der Waals surface area contributed by atoms with Crippen LogP contribution in [0.4, 0.5) is 0 Å². The molecule has 0 N–H and O–H groups in total. The average molecular weight is 371 g/mol. The minimum atomic E-state index is -0.282. The third kappa shape index (κ3) is 3.05. The molecule has 0 aliphatic carbocycles. The zero-order valence-electron chi connectivity index (χ0n) is 13.3. The molecular weight excluding hydrogens is 356 g/mol. The van der Waals surface area contributed by atoms with Gasteiger partial charge in [0.05, 0.1) is 23.0 Å². The third-order valence-corrected chi connectivity index (χ3v) is 5.80. The molecule has 3 heterocycles. The van der Waals surface area contributed by atoms with Crippen LogP contribution in [0.1, 0.15) is 34.4 Å². The highest BCUT2D eigenvalue weighted by atomic mass is 35.5. The number of fused-ring (bicyclic) bond motifs is 1. The third-order valence-electron chi connectivity index (χ3n) is 4.44. The van der Waals surface area contributed by atoms with E-state index in [-0.39, 0.29) is 24.0 Å². The summed E-state index contributed by atoms with van der Waals surface area (Å²) in [6.45, 7) is 0. The summed E-state index contributed by atoms with van der Waals surface area (Å²) in [4.78, 5) is 30.0. The lowest BCUT2D eigenvalue weighted by Crippen LogP contribution is -2.28. The molecule has 0 saturated heterocycles. The van der Waals surface area contributed by atoms with E-state index in [0.717, 1.165) is 15.4 Å². The number of thiazole rings is 1. The van der Waals surface area contributed by atoms with Crippen LogP contribution < -0.4 is 0 Å². The monoisotopic (exact) mass is 370 g/mol. The fourth-order valence-electron chi connectivity index (χ4n) is 3.20. The number of hydrogen-bond acceptors (Lipinski definition) is 4. The van der Waals surface area contributed by atoms with Gasteiger partial charge in [-0.1, -0.05) is 29.8 Å². The number of carbonyl (C=O) groups is 2. The van der Waals surface area contributed by atoms with E-state index in [4.69, 9.17) is 11.6 Å². The number of hydrogen-bond donors (Lipinski definition) is 0. The SMILES string of the molecule is O=C1CCC(C(=O)Cc2ncc(-c3ccccc3Cl)s2)n2cccc21. The van der Waals surface area contributed by atoms with Gasteiger partial charge in [-0.25, -0.2) is 4.98 Å². The fourth-order valence-corrected chi connectivity index (χ4v) is 4.46. The van der Waals surface area contributed by atoms with Crippen LogP contribution in [0.5, 0.6) is 0 Å². The maximum Gasteiger partial charge on any atom is 0.179 e. The van der Waals surface area contributed by atoms with Crippen molar-refractivity contribution in [1.29, 1.82) is 0 Å². The molecule has 1 aliphatic rings. The van der Waals surface area contributed by atoms with Gasteiger partial charge in [0.1, 0.15) is 5.01 Å². The van der Waals surface area contributed by atoms with E-state index >= 15 is 0 Å². The number of halogens is 1. The van der Waals surface area contributed by atoms with E-state index < -0.39 is 0 Å². The van der Waals surface area contributed by atoms with Crippen LogP contribution in [-0.4, -0.2) is 21.1 Å². The van der Waals surface area contributed by atoms with Gasteiger partial charge in [-0.3, -0.25) is 9.59 Å². The maximum absolute atomic E-state index is 12.8. The fraction of sp³-hybridized carbons (Fsp3) is 0.211. The molecule has 1 unspecified atom stereocenters. The first-order valence-corrected chi connectivity index (χ1v) is 9.25. The van der Waals surface area contributed by atoms with E-state index in [1.54, 1.807) is 16.8 Å². The first-order valence-electron chi connectivity index (χ1n) is 8.06. The molecular formula is C19H15ClN2O2S. The zero-order chi connectivity index (χ0) is 17.4. The summed E-state index contributed by atoms with van der Waals surface area (Å²) in [5.41, 5.74) is 1.55. The topological polar surface area (TPSA) is 52.0 Å². The van der Waals surface area contributed by atoms with Crippen LogP contribution in [0.3, 0.4) is 0 Å². The number of carbonyl (C=O) groups excluding carboxylic acids is 2. The van der Waals surface area contributed by atoms with Crippen molar-refractivity contribution in [1.82, 2.24) is 9.55 Å². The van der Waals surface area contributed by atoms with Crippen LogP contribution in [0.2, 0.25) is 5.02 Å². The summed E-state index contributed by atoms with van der Waals surface area (Å²) in [6.07, 6.45) is 4.82. The Kier molecular flexibility index (Phi) is 4.27. The highest BCUT2D eigenvalue weighted by Crippen LogP contribution is 2.33. The Balaban J connectivity index is 1.54. The van der Waals surface area contributed by atoms with E-state index in [0.29, 0.717) is 23.6 Å². The summed E-state index contributed by atoms with van der Waals surface area (Å²) in [5.74, 6) is 0.189. The Morgan fingerprint density at radius 1 is 1.28 bits per heavy atom. The standard InChI is InChI=1S/C19H15ClN2O2S/c20-13-5-2-1-4-12(13)18-11-21-19(25-18)10-17(24)15-7-8-16(23)14-6-3-9-22(14)15/h1-6,9,11,15H,7-8,10H2. The summed E-state index contributed by atoms with van der Waals surface area (Å²) in [5, 5.41) is 1.44. The molecule has 6 heteroatoms. The van der Waals surface area contributed by atoms with Crippen molar-refractivity contribution in [2.24, 2.45) is 0 Å². The molecule has 3 aromatic rings. The first-order chi connectivity index (χ1) is 12.1. The number of aromatic nitrogens is 2. The molecule has 126 valence electrons. The highest BCUT2D eigenvalue weighted by Gasteiger charge is 2.29. The van der Waals surface area contributed by atoms with Gasteiger partial charge >= 0.3 is 0 Å². The molecule has 1 aromatic carbocycles. The molecule has 0 spiro atoms. The number of Topliss-reactive ketones (excluding diaryl/α,β-unsaturated/α-hetero) is 2. The molecule has 1 atom stereocenters. The van der Waals surface area contributed by atoms with Crippen molar-refractivity contribution in [2.45, 2.75) is 25.3 Å². The van der Waals surface area contributed by atoms with Crippen molar-refractivity contribution in [3.8, 4) is 10.4 Å². The number of nitrogens with zero attached hydrogens (tertiary/aromatic N) is 2. The minimum absolute atomic E-state index is 0.0880. The summed E-state index contributed by atoms with van der Waals surface area (Å²) < 4.78 is 1.80. The van der Waals surface area contributed by atoms with Gasteiger partial charge in [-0.15, -0.1) is 11.3 Å². The summed E-state index contributed by atoms with van der Waals surface area (Å²) >= 11 is 7.71. The predicted molar refractivity (Wildman–Crippen MR) is 98.3 cm³/mol. The Labute approximate surface area is 154 Å². The molecule has 0 radical (unpaired) electrons. The summed E-state index contributed by atoms with van der Waals surface area (Å²) in [7, 11) is 0. The van der Waals surface area contributed by atoms with Gasteiger partial charge in [-0.05, 0) is 24.6 Å². The Hall–Kier alpha value is -2.24. The Bertz CT molecular complexity index is 960. The largest absolute Gasteiger partial charge is 0.335 e. The molecule has 1 aliphatic heterocycles. The second-order valence-corrected chi connectivity index (χ2v) is 7.54. The normalized spacial score (nSPS) is 16.7. The van der Waals surface area contributed by atoms with Crippen molar-refractivity contribution < 1.29 is 9.59 Å². The number of benzene rings is 1. The second-order valence-electron chi connectivity index (χ2n) is 6.02. The van der Waals surface area contributed by atoms with E-state index in [1.165, 1.54) is 11.3 Å². The Morgan fingerprint density at radius 3 is 2.96 bits per heavy atom. The lowest BCUT2D eigenvalue weighted by atomic mass is 9.97. The van der Waals surface area contributed by atoms with E-state index in [2.05, 4.69) is 4.98 Å². The van der Waals surface area contributed by atoms with Gasteiger partial charge in [0.2, 0.25) is 0 Å². The van der Waals surface area contributed by atoms with E-state index in [1.807, 2.05) is 36.5 Å². The maximum atomic E-state index is 12.8. The number of rotatable bonds is 4. The van der Waals surface area contributed by atoms with Crippen LogP contribution >= 0.6 is 22.9 Å². The molecule has 0 saturated carbocycles. The highest BCUT2D eigenvalue weighted by molar-refractivity contribution is 7.15. The van der Waals surface area contributed by atoms with Crippen LogP contribution in [0.15, 0.2) is 48.8 Å². The zero-order valence-corrected chi connectivity index (χ0v) is 14.9. The lowest BCUT2D eigenvalue weighted by molar-refractivity contribution is -0.121. The molecule has 0 amide bonds. The van der Waals surface area contributed by atoms with Crippen molar-refractivity contribution >= 4 is 34.5 Å². The Morgan fingerprint density at radius 2 is 2.12 bits per heavy atom. The van der Waals surface area contributed by atoms with Gasteiger partial charge in [-0.2, -0.15) is 0 Å². The quantitative estimate of drug-likeness (QED) is 0.674. The average Bonchev–Trinajstić information content (AvgIpc) is 3.25. The summed E-state index contributed by atoms with van der Waals surface area (Å²) in [6, 6.07) is 10.9. The number of ketones is 2. The molecule has 25 heavy (non-hydrogen) atoms. The second kappa shape index (κ2) is 6.58. The lowest BCUT2D eigenvalue weighted by Gasteiger charge is -2.24. The van der Waals surface area contributed by atoms with Crippen LogP contribution in [0.25, 0.3) is 10.4 Å². The first kappa shape index (κ1) is 16.2. The van der Waals surface area contributed by atoms with E-state index in [9.17, 15) is 9.59 Å². The van der Waals surface area contributed by atoms with Crippen LogP contribution in [0, 0.1) is 0 Å². The van der Waals surface area contributed by atoms with Crippen molar-refractivity contribution in [3.63, 3.8) is 0 Å². The van der Waals surface area contributed by atoms with Gasteiger partial charge < -0.3 is 4.57 Å². The molecule has 0 fully saturated rings.